The third kappa shape index (κ3) is 2.37. The van der Waals surface area contributed by atoms with Crippen LogP contribution < -0.4 is 11.1 Å². The maximum Gasteiger partial charge on any atom is 0.224 e. The molecular formula is C16H28N2O2. The molecule has 2 aliphatic carbocycles. The molecule has 0 aromatic carbocycles. The van der Waals surface area contributed by atoms with Crippen LogP contribution in [0.25, 0.3) is 0 Å². The first-order chi connectivity index (χ1) is 9.50. The normalized spacial score (nSPS) is 43.2. The number of amides is 1. The van der Waals surface area contributed by atoms with E-state index in [0.717, 1.165) is 32.3 Å². The Kier molecular flexibility index (Phi) is 3.80. The molecule has 0 radical (unpaired) electrons. The summed E-state index contributed by atoms with van der Waals surface area (Å²) >= 11 is 0. The lowest BCUT2D eigenvalue weighted by atomic mass is 9.66. The fraction of sp³-hybridized carbons (Fsp3) is 0.938. The molecule has 114 valence electrons. The molecule has 4 heteroatoms. The van der Waals surface area contributed by atoms with Crippen molar-refractivity contribution < 1.29 is 9.53 Å². The number of hydrogen-bond donors (Lipinski definition) is 2. The number of rotatable bonds is 2. The van der Waals surface area contributed by atoms with Gasteiger partial charge in [-0.05, 0) is 31.1 Å². The van der Waals surface area contributed by atoms with E-state index in [-0.39, 0.29) is 35.4 Å². The molecule has 3 fully saturated rings. The lowest BCUT2D eigenvalue weighted by molar-refractivity contribution is -0.145. The number of hydrogen-bond acceptors (Lipinski definition) is 3. The fourth-order valence-corrected chi connectivity index (χ4v) is 4.37. The summed E-state index contributed by atoms with van der Waals surface area (Å²) in [4.78, 5) is 12.6. The van der Waals surface area contributed by atoms with Gasteiger partial charge in [0.15, 0.2) is 0 Å². The van der Waals surface area contributed by atoms with Crippen LogP contribution in [-0.4, -0.2) is 30.7 Å². The summed E-state index contributed by atoms with van der Waals surface area (Å²) < 4.78 is 5.81. The highest BCUT2D eigenvalue weighted by molar-refractivity contribution is 5.80. The molecule has 0 aromatic rings. The van der Waals surface area contributed by atoms with Gasteiger partial charge in [-0.1, -0.05) is 26.7 Å². The van der Waals surface area contributed by atoms with Crippen LogP contribution in [0.3, 0.4) is 0 Å². The smallest absolute Gasteiger partial charge is 0.224 e. The Balaban J connectivity index is 1.61. The van der Waals surface area contributed by atoms with Gasteiger partial charge in [0.25, 0.3) is 0 Å². The summed E-state index contributed by atoms with van der Waals surface area (Å²) in [6.45, 7) is 5.25. The van der Waals surface area contributed by atoms with Gasteiger partial charge in [-0.2, -0.15) is 0 Å². The fourth-order valence-electron chi connectivity index (χ4n) is 4.37. The van der Waals surface area contributed by atoms with E-state index in [2.05, 4.69) is 19.2 Å². The van der Waals surface area contributed by atoms with Gasteiger partial charge in [0.05, 0.1) is 12.1 Å². The number of fused-ring (bicyclic) bond motifs is 1. The number of ether oxygens (including phenoxy) is 1. The van der Waals surface area contributed by atoms with Crippen molar-refractivity contribution in [2.75, 3.05) is 6.61 Å². The van der Waals surface area contributed by atoms with E-state index in [1.54, 1.807) is 0 Å². The molecule has 4 nitrogen and oxygen atoms in total. The summed E-state index contributed by atoms with van der Waals surface area (Å²) in [5.41, 5.74) is 6.34. The van der Waals surface area contributed by atoms with Crippen LogP contribution in [-0.2, 0) is 9.53 Å². The molecule has 5 unspecified atom stereocenters. The first-order valence-electron chi connectivity index (χ1n) is 8.18. The molecule has 3 rings (SSSR count). The molecule has 0 spiro atoms. The molecule has 1 amide bonds. The Morgan fingerprint density at radius 3 is 2.80 bits per heavy atom. The molecule has 1 heterocycles. The number of carbonyl (C=O) groups is 1. The second-order valence-electron chi connectivity index (χ2n) is 7.54. The zero-order valence-electron chi connectivity index (χ0n) is 12.7. The molecule has 1 saturated heterocycles. The molecule has 3 aliphatic rings. The standard InChI is InChI=1S/C16H28N2O2/c1-16(2)8-4-3-7-11(16)15(19)18-13-12(17)10-6-5-9-20-14(10)13/h10-14H,3-9,17H2,1-2H3,(H,18,19). The zero-order valence-corrected chi connectivity index (χ0v) is 12.7. The lowest BCUT2D eigenvalue weighted by Crippen LogP contribution is -2.72. The van der Waals surface area contributed by atoms with Crippen molar-refractivity contribution in [2.45, 2.75) is 70.6 Å². The van der Waals surface area contributed by atoms with Gasteiger partial charge in [0, 0.05) is 24.5 Å². The third-order valence-corrected chi connectivity index (χ3v) is 5.81. The minimum atomic E-state index is 0.0329. The number of nitrogens with two attached hydrogens (primary N) is 1. The molecule has 1 aliphatic heterocycles. The monoisotopic (exact) mass is 280 g/mol. The summed E-state index contributed by atoms with van der Waals surface area (Å²) in [6.07, 6.45) is 6.97. The highest BCUT2D eigenvalue weighted by atomic mass is 16.5. The average Bonchev–Trinajstić information content (AvgIpc) is 2.43. The third-order valence-electron chi connectivity index (χ3n) is 5.81. The van der Waals surface area contributed by atoms with Crippen LogP contribution in [0.5, 0.6) is 0 Å². The van der Waals surface area contributed by atoms with Crippen molar-refractivity contribution in [3.8, 4) is 0 Å². The molecule has 2 saturated carbocycles. The maximum atomic E-state index is 12.6. The van der Waals surface area contributed by atoms with Crippen LogP contribution in [0.15, 0.2) is 0 Å². The summed E-state index contributed by atoms with van der Waals surface area (Å²) in [6, 6.07) is 0.112. The van der Waals surface area contributed by atoms with Crippen molar-refractivity contribution in [1.29, 1.82) is 0 Å². The van der Waals surface area contributed by atoms with E-state index in [9.17, 15) is 4.79 Å². The molecule has 20 heavy (non-hydrogen) atoms. The van der Waals surface area contributed by atoms with Gasteiger partial charge in [0.1, 0.15) is 0 Å². The Bertz CT molecular complexity index is 383. The van der Waals surface area contributed by atoms with Gasteiger partial charge in [0.2, 0.25) is 5.91 Å². The minimum absolute atomic E-state index is 0.0329. The summed E-state index contributed by atoms with van der Waals surface area (Å²) in [5, 5.41) is 3.20. The van der Waals surface area contributed by atoms with Gasteiger partial charge in [-0.15, -0.1) is 0 Å². The van der Waals surface area contributed by atoms with Gasteiger partial charge >= 0.3 is 0 Å². The quantitative estimate of drug-likeness (QED) is 0.811. The van der Waals surface area contributed by atoms with Gasteiger partial charge in [-0.3, -0.25) is 4.79 Å². The largest absolute Gasteiger partial charge is 0.376 e. The molecule has 0 aromatic heterocycles. The predicted molar refractivity (Wildman–Crippen MR) is 78.1 cm³/mol. The van der Waals surface area contributed by atoms with E-state index in [1.165, 1.54) is 12.8 Å². The van der Waals surface area contributed by atoms with E-state index >= 15 is 0 Å². The van der Waals surface area contributed by atoms with E-state index in [4.69, 9.17) is 10.5 Å². The van der Waals surface area contributed by atoms with Crippen molar-refractivity contribution in [3.63, 3.8) is 0 Å². The van der Waals surface area contributed by atoms with Crippen LogP contribution in [0, 0.1) is 17.3 Å². The Hall–Kier alpha value is -0.610. The number of carbonyl (C=O) groups excluding carboxylic acids is 1. The Labute approximate surface area is 121 Å². The second-order valence-corrected chi connectivity index (χ2v) is 7.54. The molecule has 3 N–H and O–H groups in total. The second kappa shape index (κ2) is 5.30. The summed E-state index contributed by atoms with van der Waals surface area (Å²) in [5.74, 6) is 0.780. The SMILES string of the molecule is CC1(C)CCCCC1C(=O)NC1C(N)C2CCCOC21. The van der Waals surface area contributed by atoms with E-state index in [1.807, 2.05) is 0 Å². The average molecular weight is 280 g/mol. The minimum Gasteiger partial charge on any atom is -0.376 e. The van der Waals surface area contributed by atoms with Gasteiger partial charge in [-0.25, -0.2) is 0 Å². The Morgan fingerprint density at radius 2 is 2.05 bits per heavy atom. The van der Waals surface area contributed by atoms with Crippen LogP contribution in [0.2, 0.25) is 0 Å². The van der Waals surface area contributed by atoms with Crippen LogP contribution in [0.4, 0.5) is 0 Å². The van der Waals surface area contributed by atoms with Gasteiger partial charge < -0.3 is 15.8 Å². The lowest BCUT2D eigenvalue weighted by Gasteiger charge is -2.53. The van der Waals surface area contributed by atoms with Crippen molar-refractivity contribution in [3.05, 3.63) is 0 Å². The molecular weight excluding hydrogens is 252 g/mol. The van der Waals surface area contributed by atoms with Crippen LogP contribution >= 0.6 is 0 Å². The van der Waals surface area contributed by atoms with Crippen molar-refractivity contribution in [2.24, 2.45) is 23.0 Å². The molecule has 0 bridgehead atoms. The zero-order chi connectivity index (χ0) is 14.3. The summed E-state index contributed by atoms with van der Waals surface area (Å²) in [7, 11) is 0. The van der Waals surface area contributed by atoms with Crippen molar-refractivity contribution >= 4 is 5.91 Å². The molecule has 5 atom stereocenters. The highest BCUT2D eigenvalue weighted by Crippen LogP contribution is 2.42. The predicted octanol–water partition coefficient (Wildman–Crippen LogP) is 1.82. The maximum absolute atomic E-state index is 12.6. The highest BCUT2D eigenvalue weighted by Gasteiger charge is 2.52. The van der Waals surface area contributed by atoms with E-state index < -0.39 is 0 Å². The topological polar surface area (TPSA) is 64.4 Å². The van der Waals surface area contributed by atoms with Crippen LogP contribution in [0.1, 0.15) is 52.4 Å². The first-order valence-corrected chi connectivity index (χ1v) is 8.18. The van der Waals surface area contributed by atoms with E-state index in [0.29, 0.717) is 5.92 Å². The van der Waals surface area contributed by atoms with Crippen molar-refractivity contribution in [1.82, 2.24) is 5.32 Å². The Morgan fingerprint density at radius 1 is 1.25 bits per heavy atom. The number of nitrogens with one attached hydrogen (secondary N) is 1. The first kappa shape index (κ1) is 14.3.